The summed E-state index contributed by atoms with van der Waals surface area (Å²) in [6.45, 7) is 6.52. The van der Waals surface area contributed by atoms with Crippen molar-refractivity contribution in [2.45, 2.75) is 26.2 Å². The largest absolute Gasteiger partial charge is 0.303 e. The van der Waals surface area contributed by atoms with Gasteiger partial charge in [-0.25, -0.2) is 0 Å². The van der Waals surface area contributed by atoms with Gasteiger partial charge in [0.15, 0.2) is 0 Å². The first kappa shape index (κ1) is 6.66. The number of nitrogens with zero attached hydrogens (tertiary/aromatic N) is 1. The number of hydrogen-bond acceptors (Lipinski definition) is 1. The van der Waals surface area contributed by atoms with Gasteiger partial charge in [-0.05, 0) is 37.8 Å². The lowest BCUT2D eigenvalue weighted by molar-refractivity contribution is 0.0492. The van der Waals surface area contributed by atoms with E-state index in [-0.39, 0.29) is 0 Å². The van der Waals surface area contributed by atoms with Crippen molar-refractivity contribution in [2.24, 2.45) is 11.8 Å². The van der Waals surface area contributed by atoms with Crippen molar-refractivity contribution in [3.63, 3.8) is 0 Å². The van der Waals surface area contributed by atoms with Gasteiger partial charge in [-0.2, -0.15) is 0 Å². The Balaban J connectivity index is 2.01. The van der Waals surface area contributed by atoms with Crippen LogP contribution in [0.25, 0.3) is 0 Å². The average Bonchev–Trinajstić information content (AvgIpc) is 2.06. The molecule has 0 radical (unpaired) electrons. The minimum absolute atomic E-state index is 1.04. The van der Waals surface area contributed by atoms with Gasteiger partial charge in [0, 0.05) is 6.54 Å². The van der Waals surface area contributed by atoms with Gasteiger partial charge in [0.05, 0.1) is 0 Å². The molecule has 0 N–H and O–H groups in total. The van der Waals surface area contributed by atoms with Crippen molar-refractivity contribution in [1.29, 1.82) is 0 Å². The van der Waals surface area contributed by atoms with Crippen molar-refractivity contribution >= 4 is 0 Å². The van der Waals surface area contributed by atoms with Crippen LogP contribution in [0, 0.1) is 11.8 Å². The fraction of sp³-hybridized carbons (Fsp3) is 1.00. The molecule has 3 aliphatic rings. The van der Waals surface area contributed by atoms with Crippen molar-refractivity contribution in [3.8, 4) is 0 Å². The molecule has 0 aromatic rings. The molecule has 3 aliphatic heterocycles. The summed E-state index contributed by atoms with van der Waals surface area (Å²) >= 11 is 0. The normalized spacial score (nSPS) is 45.9. The SMILES string of the molecule is CC[C@@H]1CN2CCC1CC2. The summed E-state index contributed by atoms with van der Waals surface area (Å²) in [4.78, 5) is 2.63. The van der Waals surface area contributed by atoms with Gasteiger partial charge in [0.25, 0.3) is 0 Å². The molecule has 1 heteroatoms. The van der Waals surface area contributed by atoms with Crippen LogP contribution in [0.1, 0.15) is 26.2 Å². The highest BCUT2D eigenvalue weighted by Crippen LogP contribution is 2.33. The minimum atomic E-state index is 1.04. The van der Waals surface area contributed by atoms with Crippen LogP contribution in [0.5, 0.6) is 0 Å². The van der Waals surface area contributed by atoms with Gasteiger partial charge >= 0.3 is 0 Å². The number of fused-ring (bicyclic) bond motifs is 3. The van der Waals surface area contributed by atoms with Crippen molar-refractivity contribution in [1.82, 2.24) is 4.90 Å². The third-order valence-electron chi connectivity index (χ3n) is 3.32. The molecule has 3 saturated heterocycles. The van der Waals surface area contributed by atoms with Gasteiger partial charge in [-0.3, -0.25) is 0 Å². The van der Waals surface area contributed by atoms with E-state index in [4.69, 9.17) is 0 Å². The maximum Gasteiger partial charge on any atom is 0.00122 e. The third kappa shape index (κ3) is 0.968. The highest BCUT2D eigenvalue weighted by Gasteiger charge is 2.32. The number of hydrogen-bond donors (Lipinski definition) is 0. The summed E-state index contributed by atoms with van der Waals surface area (Å²) in [5.41, 5.74) is 0. The molecule has 1 atom stereocenters. The Morgan fingerprint density at radius 3 is 2.30 bits per heavy atom. The average molecular weight is 139 g/mol. The zero-order valence-electron chi connectivity index (χ0n) is 6.84. The number of rotatable bonds is 1. The highest BCUT2D eigenvalue weighted by molar-refractivity contribution is 4.85. The molecule has 2 bridgehead atoms. The molecule has 0 spiro atoms. The van der Waals surface area contributed by atoms with Crippen LogP contribution in [-0.4, -0.2) is 24.5 Å². The molecule has 0 saturated carbocycles. The third-order valence-corrected chi connectivity index (χ3v) is 3.32. The summed E-state index contributed by atoms with van der Waals surface area (Å²) in [6.07, 6.45) is 4.37. The van der Waals surface area contributed by atoms with Gasteiger partial charge < -0.3 is 4.90 Å². The van der Waals surface area contributed by atoms with Crippen LogP contribution in [0.3, 0.4) is 0 Å². The Hall–Kier alpha value is -0.0400. The molecule has 3 heterocycles. The van der Waals surface area contributed by atoms with Crippen LogP contribution in [-0.2, 0) is 0 Å². The molecule has 0 amide bonds. The molecular weight excluding hydrogens is 122 g/mol. The summed E-state index contributed by atoms with van der Waals surface area (Å²) < 4.78 is 0. The van der Waals surface area contributed by atoms with Crippen LogP contribution in [0.15, 0.2) is 0 Å². The molecule has 10 heavy (non-hydrogen) atoms. The van der Waals surface area contributed by atoms with Crippen molar-refractivity contribution in [2.75, 3.05) is 19.6 Å². The maximum atomic E-state index is 2.63. The monoisotopic (exact) mass is 139 g/mol. The van der Waals surface area contributed by atoms with E-state index >= 15 is 0 Å². The van der Waals surface area contributed by atoms with E-state index in [1.165, 1.54) is 38.9 Å². The molecule has 3 fully saturated rings. The van der Waals surface area contributed by atoms with Crippen molar-refractivity contribution in [3.05, 3.63) is 0 Å². The zero-order chi connectivity index (χ0) is 6.97. The lowest BCUT2D eigenvalue weighted by Crippen LogP contribution is -2.47. The molecule has 0 unspecified atom stereocenters. The van der Waals surface area contributed by atoms with Crippen LogP contribution < -0.4 is 0 Å². The van der Waals surface area contributed by atoms with E-state index in [1.807, 2.05) is 0 Å². The first-order valence-corrected chi connectivity index (χ1v) is 4.62. The lowest BCUT2D eigenvalue weighted by atomic mass is 9.78. The number of piperidine rings is 3. The smallest absolute Gasteiger partial charge is 0.00122 e. The molecular formula is C9H17N. The first-order valence-electron chi connectivity index (χ1n) is 4.62. The Morgan fingerprint density at radius 2 is 2.00 bits per heavy atom. The molecule has 0 aromatic heterocycles. The highest BCUT2D eigenvalue weighted by atomic mass is 15.1. The maximum absolute atomic E-state index is 2.63. The molecule has 1 nitrogen and oxygen atoms in total. The van der Waals surface area contributed by atoms with E-state index in [0.29, 0.717) is 0 Å². The summed E-state index contributed by atoms with van der Waals surface area (Å²) in [5, 5.41) is 0. The Labute approximate surface area is 63.4 Å². The fourth-order valence-electron chi connectivity index (χ4n) is 2.55. The summed E-state index contributed by atoms with van der Waals surface area (Å²) in [7, 11) is 0. The molecule has 0 aliphatic carbocycles. The predicted molar refractivity (Wildman–Crippen MR) is 42.9 cm³/mol. The van der Waals surface area contributed by atoms with E-state index in [1.54, 1.807) is 0 Å². The summed E-state index contributed by atoms with van der Waals surface area (Å²) in [6, 6.07) is 0. The minimum Gasteiger partial charge on any atom is -0.303 e. The van der Waals surface area contributed by atoms with Gasteiger partial charge in [0.1, 0.15) is 0 Å². The van der Waals surface area contributed by atoms with E-state index < -0.39 is 0 Å². The van der Waals surface area contributed by atoms with Crippen LogP contribution >= 0.6 is 0 Å². The first-order chi connectivity index (χ1) is 4.90. The fourth-order valence-corrected chi connectivity index (χ4v) is 2.55. The standard InChI is InChI=1S/C9H17N/c1-2-8-7-10-5-3-9(8)4-6-10/h8-9H,2-7H2,1H3/t8-/m1/s1. The van der Waals surface area contributed by atoms with E-state index in [2.05, 4.69) is 11.8 Å². The topological polar surface area (TPSA) is 3.24 Å². The second-order valence-corrected chi connectivity index (χ2v) is 3.81. The van der Waals surface area contributed by atoms with Gasteiger partial charge in [-0.1, -0.05) is 13.3 Å². The van der Waals surface area contributed by atoms with E-state index in [0.717, 1.165) is 11.8 Å². The van der Waals surface area contributed by atoms with Gasteiger partial charge in [0.2, 0.25) is 0 Å². The Morgan fingerprint density at radius 1 is 1.30 bits per heavy atom. The van der Waals surface area contributed by atoms with Crippen molar-refractivity contribution < 1.29 is 0 Å². The second kappa shape index (κ2) is 2.54. The quantitative estimate of drug-likeness (QED) is 0.535. The molecule has 0 aromatic carbocycles. The summed E-state index contributed by atoms with van der Waals surface area (Å²) in [5.74, 6) is 2.14. The van der Waals surface area contributed by atoms with Crippen LogP contribution in [0.4, 0.5) is 0 Å². The molecule has 58 valence electrons. The molecule has 3 rings (SSSR count). The Kier molecular flexibility index (Phi) is 1.69. The predicted octanol–water partition coefficient (Wildman–Crippen LogP) is 1.74. The lowest BCUT2D eigenvalue weighted by Gasteiger charge is -2.44. The zero-order valence-corrected chi connectivity index (χ0v) is 6.84. The Bertz CT molecular complexity index is 114. The van der Waals surface area contributed by atoms with E-state index in [9.17, 15) is 0 Å². The second-order valence-electron chi connectivity index (χ2n) is 3.81. The van der Waals surface area contributed by atoms with Gasteiger partial charge in [-0.15, -0.1) is 0 Å². The van der Waals surface area contributed by atoms with Crippen LogP contribution in [0.2, 0.25) is 0 Å².